The van der Waals surface area contributed by atoms with Crippen LogP contribution in [0.25, 0.3) is 0 Å². The molecule has 0 unspecified atom stereocenters. The number of ether oxygens (including phenoxy) is 1. The van der Waals surface area contributed by atoms with E-state index in [4.69, 9.17) is 16.3 Å². The number of carbonyl (C=O) groups is 2. The van der Waals surface area contributed by atoms with Crippen LogP contribution in [0, 0.1) is 0 Å². The minimum atomic E-state index is -3.77. The Bertz CT molecular complexity index is 1420. The normalized spacial score (nSPS) is 14.3. The van der Waals surface area contributed by atoms with E-state index in [1.54, 1.807) is 24.3 Å². The van der Waals surface area contributed by atoms with E-state index in [2.05, 4.69) is 22.1 Å². The van der Waals surface area contributed by atoms with Crippen LogP contribution < -0.4 is 4.74 Å². The maximum atomic E-state index is 14.0. The zero-order chi connectivity index (χ0) is 28.2. The first kappa shape index (κ1) is 29.1. The summed E-state index contributed by atoms with van der Waals surface area (Å²) in [6, 6.07) is 13.7. The fourth-order valence-corrected chi connectivity index (χ4v) is 6.23. The van der Waals surface area contributed by atoms with Gasteiger partial charge in [0.15, 0.2) is 5.78 Å². The molecule has 1 fully saturated rings. The molecule has 1 aliphatic carbocycles. The highest BCUT2D eigenvalue weighted by atomic mass is 35.5. The minimum Gasteiger partial charge on any atom is -0.495 e. The van der Waals surface area contributed by atoms with Crippen molar-refractivity contribution in [2.24, 2.45) is 0 Å². The van der Waals surface area contributed by atoms with Crippen molar-refractivity contribution in [3.63, 3.8) is 0 Å². The summed E-state index contributed by atoms with van der Waals surface area (Å²) in [6.07, 6.45) is 4.51. The van der Waals surface area contributed by atoms with Gasteiger partial charge in [0.25, 0.3) is 0 Å². The monoisotopic (exact) mass is 590 g/mol. The number of rotatable bonds is 13. The molecule has 0 saturated heterocycles. The van der Waals surface area contributed by atoms with Crippen molar-refractivity contribution in [2.75, 3.05) is 33.5 Å². The number of amides is 1. The van der Waals surface area contributed by atoms with Gasteiger partial charge < -0.3 is 9.64 Å². The van der Waals surface area contributed by atoms with Crippen LogP contribution in [-0.2, 0) is 33.2 Å². The summed E-state index contributed by atoms with van der Waals surface area (Å²) in [5, 5.41) is 0.470. The van der Waals surface area contributed by atoms with E-state index in [1.165, 1.54) is 19.7 Å². The number of hydrogen-bond donors (Lipinski definition) is 0. The first-order valence-corrected chi connectivity index (χ1v) is 15.3. The van der Waals surface area contributed by atoms with Crippen LogP contribution in [0.3, 0.4) is 0 Å². The number of pyridine rings is 1. The Labute approximate surface area is 237 Å². The average molecular weight is 591 g/mol. The van der Waals surface area contributed by atoms with Crippen molar-refractivity contribution >= 4 is 44.7 Å². The van der Waals surface area contributed by atoms with Crippen molar-refractivity contribution in [1.29, 1.82) is 0 Å². The molecule has 9 nitrogen and oxygen atoms in total. The zero-order valence-electron chi connectivity index (χ0n) is 22.1. The molecule has 1 aliphatic rings. The molecular formula is C27H31ClN4O5S2. The van der Waals surface area contributed by atoms with E-state index in [0.29, 0.717) is 35.8 Å². The smallest absolute Gasteiger partial charge is 0.235 e. The number of methoxy groups -OCH3 is 1. The molecule has 4 rings (SSSR count). The Morgan fingerprint density at radius 2 is 1.85 bits per heavy atom. The molecule has 0 bridgehead atoms. The van der Waals surface area contributed by atoms with Gasteiger partial charge in [-0.2, -0.15) is 0 Å². The van der Waals surface area contributed by atoms with E-state index < -0.39 is 27.0 Å². The summed E-state index contributed by atoms with van der Waals surface area (Å²) in [6.45, 7) is 0.630. The Kier molecular flexibility index (Phi) is 9.05. The molecule has 0 spiro atoms. The predicted molar refractivity (Wildman–Crippen MR) is 151 cm³/mol. The SMILES string of the molecule is COc1ccc(C2(C(=O)N(CCCc3ccccc3)Cc3nc(C(=O)CS(=O)(=O)N(C)C)c(Cl)s3)CC2)nc1. The predicted octanol–water partition coefficient (Wildman–Crippen LogP) is 3.97. The topological polar surface area (TPSA) is 110 Å². The number of hydrogen-bond acceptors (Lipinski definition) is 8. The molecule has 2 heterocycles. The molecule has 39 heavy (non-hydrogen) atoms. The molecule has 1 saturated carbocycles. The molecule has 0 aliphatic heterocycles. The van der Waals surface area contributed by atoms with E-state index in [1.807, 2.05) is 24.3 Å². The molecule has 0 N–H and O–H groups in total. The molecule has 3 aromatic rings. The Hall–Kier alpha value is -2.86. The van der Waals surface area contributed by atoms with Crippen LogP contribution in [0.15, 0.2) is 48.7 Å². The second kappa shape index (κ2) is 12.1. The maximum absolute atomic E-state index is 14.0. The number of aryl methyl sites for hydroxylation is 1. The van der Waals surface area contributed by atoms with Gasteiger partial charge in [-0.1, -0.05) is 41.9 Å². The van der Waals surface area contributed by atoms with Crippen LogP contribution in [0.2, 0.25) is 4.34 Å². The Morgan fingerprint density at radius 3 is 2.44 bits per heavy atom. The molecule has 1 amide bonds. The van der Waals surface area contributed by atoms with E-state index in [-0.39, 0.29) is 22.5 Å². The lowest BCUT2D eigenvalue weighted by Crippen LogP contribution is -2.40. The summed E-state index contributed by atoms with van der Waals surface area (Å²) in [5.74, 6) is -0.844. The third kappa shape index (κ3) is 6.84. The van der Waals surface area contributed by atoms with Gasteiger partial charge in [-0.15, -0.1) is 11.3 Å². The van der Waals surface area contributed by atoms with Crippen molar-refractivity contribution in [2.45, 2.75) is 37.6 Å². The number of Topliss-reactive ketones (excluding diaryl/α,β-unsaturated/α-hetero) is 1. The second-order valence-electron chi connectivity index (χ2n) is 9.67. The van der Waals surface area contributed by atoms with Crippen LogP contribution >= 0.6 is 22.9 Å². The Balaban J connectivity index is 1.55. The number of aromatic nitrogens is 2. The largest absolute Gasteiger partial charge is 0.495 e. The lowest BCUT2D eigenvalue weighted by atomic mass is 9.99. The number of benzene rings is 1. The second-order valence-corrected chi connectivity index (χ2v) is 13.5. The van der Waals surface area contributed by atoms with Gasteiger partial charge >= 0.3 is 0 Å². The summed E-state index contributed by atoms with van der Waals surface area (Å²) >= 11 is 7.41. The number of sulfonamides is 1. The van der Waals surface area contributed by atoms with Gasteiger partial charge in [-0.25, -0.2) is 17.7 Å². The molecule has 208 valence electrons. The third-order valence-electron chi connectivity index (χ3n) is 6.74. The highest BCUT2D eigenvalue weighted by molar-refractivity contribution is 7.89. The zero-order valence-corrected chi connectivity index (χ0v) is 24.5. The third-order valence-corrected chi connectivity index (χ3v) is 9.71. The van der Waals surface area contributed by atoms with Gasteiger partial charge in [0.1, 0.15) is 26.5 Å². The summed E-state index contributed by atoms with van der Waals surface area (Å²) < 4.78 is 30.7. The van der Waals surface area contributed by atoms with Gasteiger partial charge in [-0.3, -0.25) is 14.6 Å². The van der Waals surface area contributed by atoms with E-state index in [0.717, 1.165) is 28.5 Å². The van der Waals surface area contributed by atoms with Gasteiger partial charge in [0.05, 0.1) is 31.0 Å². The Morgan fingerprint density at radius 1 is 1.13 bits per heavy atom. The number of carbonyl (C=O) groups excluding carboxylic acids is 2. The number of thiazole rings is 1. The fourth-order valence-electron chi connectivity index (χ4n) is 4.27. The van der Waals surface area contributed by atoms with Crippen LogP contribution in [-0.4, -0.2) is 72.8 Å². The maximum Gasteiger partial charge on any atom is 0.235 e. The highest BCUT2D eigenvalue weighted by Crippen LogP contribution is 2.49. The number of nitrogens with zero attached hydrogens (tertiary/aromatic N) is 4. The van der Waals surface area contributed by atoms with E-state index in [9.17, 15) is 18.0 Å². The lowest BCUT2D eigenvalue weighted by Gasteiger charge is -2.27. The van der Waals surface area contributed by atoms with Gasteiger partial charge in [0.2, 0.25) is 15.9 Å². The standard InChI is InChI=1S/C27H31ClN4O5S2/c1-31(2)39(35,36)18-21(33)24-25(28)38-23(30-24)17-32(15-7-10-19-8-5-4-6-9-19)26(34)27(13-14-27)22-12-11-20(37-3)16-29-22/h4-6,8-9,11-12,16H,7,10,13-15,17-18H2,1-3H3. The number of halogens is 1. The van der Waals surface area contributed by atoms with Crippen LogP contribution in [0.1, 0.15) is 46.0 Å². The molecular weight excluding hydrogens is 560 g/mol. The quantitative estimate of drug-likeness (QED) is 0.277. The minimum absolute atomic E-state index is 0.0531. The van der Waals surface area contributed by atoms with Gasteiger partial charge in [0, 0.05) is 20.6 Å². The van der Waals surface area contributed by atoms with Crippen LogP contribution in [0.4, 0.5) is 0 Å². The van der Waals surface area contributed by atoms with Crippen molar-refractivity contribution < 1.29 is 22.7 Å². The number of ketones is 1. The summed E-state index contributed by atoms with van der Waals surface area (Å²) in [7, 11) is 0.526. The van der Waals surface area contributed by atoms with Crippen molar-refractivity contribution in [3.05, 3.63) is 75.0 Å². The first-order chi connectivity index (χ1) is 18.6. The molecule has 0 radical (unpaired) electrons. The highest BCUT2D eigenvalue weighted by Gasteiger charge is 2.54. The first-order valence-electron chi connectivity index (χ1n) is 12.5. The summed E-state index contributed by atoms with van der Waals surface area (Å²) in [5.41, 5.74) is 1.08. The molecule has 2 aromatic heterocycles. The van der Waals surface area contributed by atoms with Crippen molar-refractivity contribution in [3.8, 4) is 5.75 Å². The molecule has 0 atom stereocenters. The molecule has 12 heteroatoms. The summed E-state index contributed by atoms with van der Waals surface area (Å²) in [4.78, 5) is 37.3. The average Bonchev–Trinajstić information content (AvgIpc) is 3.64. The lowest BCUT2D eigenvalue weighted by molar-refractivity contribution is -0.134. The van der Waals surface area contributed by atoms with Crippen molar-refractivity contribution in [1.82, 2.24) is 19.2 Å². The van der Waals surface area contributed by atoms with Gasteiger partial charge in [-0.05, 0) is 43.4 Å². The fraction of sp³-hybridized carbons (Fsp3) is 0.407. The van der Waals surface area contributed by atoms with E-state index >= 15 is 0 Å². The van der Waals surface area contributed by atoms with Crippen LogP contribution in [0.5, 0.6) is 5.75 Å². The molecule has 1 aromatic carbocycles.